The number of amides is 2. The normalized spacial score (nSPS) is 14.3. The number of thiocarbonyl (C=S) groups is 1. The zero-order valence-electron chi connectivity index (χ0n) is 14.9. The summed E-state index contributed by atoms with van der Waals surface area (Å²) in [5.41, 5.74) is 5.01. The van der Waals surface area contributed by atoms with Crippen LogP contribution in [0.5, 0.6) is 5.75 Å². The summed E-state index contributed by atoms with van der Waals surface area (Å²) >= 11 is 16.9. The van der Waals surface area contributed by atoms with Crippen molar-refractivity contribution in [3.63, 3.8) is 0 Å². The van der Waals surface area contributed by atoms with Crippen molar-refractivity contribution in [3.05, 3.63) is 28.2 Å². The van der Waals surface area contributed by atoms with Crippen LogP contribution in [0.4, 0.5) is 0 Å². The average molecular weight is 432 g/mol. The second-order valence-corrected chi connectivity index (χ2v) is 7.61. The minimum Gasteiger partial charge on any atom is -0.492 e. The van der Waals surface area contributed by atoms with Crippen molar-refractivity contribution in [2.75, 3.05) is 6.61 Å². The number of rotatable bonds is 6. The first-order valence-electron chi connectivity index (χ1n) is 8.93. The topological polar surface area (TPSA) is 79.5 Å². The largest absolute Gasteiger partial charge is 0.492 e. The summed E-state index contributed by atoms with van der Waals surface area (Å²) in [6, 6.07) is 4.96. The third-order valence-corrected chi connectivity index (χ3v) is 4.96. The van der Waals surface area contributed by atoms with Crippen molar-refractivity contribution in [2.24, 2.45) is 5.92 Å². The zero-order valence-corrected chi connectivity index (χ0v) is 17.2. The smallest absolute Gasteiger partial charge is 0.238 e. The first-order valence-corrected chi connectivity index (χ1v) is 10.1. The van der Waals surface area contributed by atoms with Crippen LogP contribution in [0.25, 0.3) is 0 Å². The first-order chi connectivity index (χ1) is 13.0. The van der Waals surface area contributed by atoms with Gasteiger partial charge >= 0.3 is 0 Å². The number of hydrogen-bond acceptors (Lipinski definition) is 4. The molecule has 1 aliphatic rings. The van der Waals surface area contributed by atoms with E-state index in [1.54, 1.807) is 18.2 Å². The Morgan fingerprint density at radius 2 is 1.89 bits per heavy atom. The molecule has 0 aliphatic heterocycles. The van der Waals surface area contributed by atoms with Crippen LogP contribution in [0.3, 0.4) is 0 Å². The van der Waals surface area contributed by atoms with E-state index >= 15 is 0 Å². The van der Waals surface area contributed by atoms with E-state index in [0.717, 1.165) is 25.7 Å². The monoisotopic (exact) mass is 431 g/mol. The fraction of sp³-hybridized carbons (Fsp3) is 0.500. The summed E-state index contributed by atoms with van der Waals surface area (Å²) in [5.74, 6) is 0.182. The third kappa shape index (κ3) is 7.91. The Hall–Kier alpha value is -1.57. The van der Waals surface area contributed by atoms with Gasteiger partial charge in [0.25, 0.3) is 0 Å². The Balaban J connectivity index is 1.58. The van der Waals surface area contributed by atoms with Crippen molar-refractivity contribution in [1.29, 1.82) is 0 Å². The average Bonchev–Trinajstić information content (AvgIpc) is 2.65. The molecule has 0 heterocycles. The number of carbonyl (C=O) groups is 2. The van der Waals surface area contributed by atoms with E-state index in [9.17, 15) is 9.59 Å². The Morgan fingerprint density at radius 3 is 2.59 bits per heavy atom. The van der Waals surface area contributed by atoms with E-state index in [-0.39, 0.29) is 29.3 Å². The van der Waals surface area contributed by atoms with Gasteiger partial charge in [-0.25, -0.2) is 0 Å². The van der Waals surface area contributed by atoms with Gasteiger partial charge in [-0.15, -0.1) is 0 Å². The molecule has 1 saturated carbocycles. The Bertz CT molecular complexity index is 682. The molecular formula is C18H23Cl2N3O3S. The molecule has 6 nitrogen and oxygen atoms in total. The highest BCUT2D eigenvalue weighted by atomic mass is 35.5. The molecular weight excluding hydrogens is 409 g/mol. The summed E-state index contributed by atoms with van der Waals surface area (Å²) < 4.78 is 5.51. The van der Waals surface area contributed by atoms with Gasteiger partial charge in [-0.1, -0.05) is 42.5 Å². The van der Waals surface area contributed by atoms with Crippen LogP contribution in [0.1, 0.15) is 44.9 Å². The molecule has 9 heteroatoms. The molecule has 0 radical (unpaired) electrons. The van der Waals surface area contributed by atoms with Crippen molar-refractivity contribution >= 4 is 52.3 Å². The molecule has 1 aromatic rings. The summed E-state index contributed by atoms with van der Waals surface area (Å²) in [5, 5.41) is 3.68. The van der Waals surface area contributed by atoms with Crippen molar-refractivity contribution in [3.8, 4) is 5.75 Å². The highest BCUT2D eigenvalue weighted by Crippen LogP contribution is 2.27. The number of benzene rings is 1. The standard InChI is InChI=1S/C18H23Cl2N3O3S/c19-13-8-9-15(14(20)11-13)26-10-4-7-16(24)22-23-18(27)21-17(25)12-5-2-1-3-6-12/h8-9,11-12H,1-7,10H2,(H,22,24)(H2,21,23,25,27). The molecule has 0 aromatic heterocycles. The predicted molar refractivity (Wildman–Crippen MR) is 110 cm³/mol. The molecule has 2 rings (SSSR count). The maximum absolute atomic E-state index is 12.1. The van der Waals surface area contributed by atoms with Crippen molar-refractivity contribution in [1.82, 2.24) is 16.2 Å². The summed E-state index contributed by atoms with van der Waals surface area (Å²) in [7, 11) is 0. The minimum absolute atomic E-state index is 0.00559. The minimum atomic E-state index is -0.255. The molecule has 0 unspecified atom stereocenters. The number of ether oxygens (including phenoxy) is 1. The zero-order chi connectivity index (χ0) is 19.6. The number of hydrogen-bond donors (Lipinski definition) is 3. The molecule has 0 bridgehead atoms. The van der Waals surface area contributed by atoms with E-state index in [2.05, 4.69) is 16.2 Å². The maximum atomic E-state index is 12.1. The summed E-state index contributed by atoms with van der Waals surface area (Å²) in [4.78, 5) is 23.9. The Morgan fingerprint density at radius 1 is 1.15 bits per heavy atom. The van der Waals surface area contributed by atoms with E-state index in [1.807, 2.05) is 0 Å². The lowest BCUT2D eigenvalue weighted by Crippen LogP contribution is -2.49. The van der Waals surface area contributed by atoms with Gasteiger partial charge in [-0.3, -0.25) is 20.4 Å². The SMILES string of the molecule is O=C(CCCOc1ccc(Cl)cc1Cl)NNC(=S)NC(=O)C1CCCCC1. The number of halogens is 2. The van der Waals surface area contributed by atoms with E-state index in [1.165, 1.54) is 6.42 Å². The van der Waals surface area contributed by atoms with Crippen LogP contribution >= 0.6 is 35.4 Å². The van der Waals surface area contributed by atoms with Gasteiger partial charge in [0.05, 0.1) is 11.6 Å². The lowest BCUT2D eigenvalue weighted by atomic mass is 9.89. The van der Waals surface area contributed by atoms with Crippen LogP contribution in [0.2, 0.25) is 10.0 Å². The van der Waals surface area contributed by atoms with Gasteiger partial charge in [-0.2, -0.15) is 0 Å². The Kier molecular flexibility index (Phi) is 9.10. The number of carbonyl (C=O) groups excluding carboxylic acids is 2. The molecule has 0 spiro atoms. The van der Waals surface area contributed by atoms with E-state index in [4.69, 9.17) is 40.2 Å². The quantitative estimate of drug-likeness (QED) is 0.363. The van der Waals surface area contributed by atoms with E-state index < -0.39 is 0 Å². The molecule has 2 amide bonds. The molecule has 0 atom stereocenters. The molecule has 1 aliphatic carbocycles. The number of nitrogens with one attached hydrogen (secondary N) is 3. The molecule has 0 saturated heterocycles. The fourth-order valence-electron chi connectivity index (χ4n) is 2.81. The molecule has 148 valence electrons. The second-order valence-electron chi connectivity index (χ2n) is 6.35. The molecule has 1 aromatic carbocycles. The Labute approximate surface area is 174 Å². The van der Waals surface area contributed by atoms with Crippen LogP contribution in [-0.2, 0) is 9.59 Å². The van der Waals surface area contributed by atoms with E-state index in [0.29, 0.717) is 28.8 Å². The molecule has 1 fully saturated rings. The highest BCUT2D eigenvalue weighted by molar-refractivity contribution is 7.80. The van der Waals surface area contributed by atoms with Crippen molar-refractivity contribution < 1.29 is 14.3 Å². The lowest BCUT2D eigenvalue weighted by Gasteiger charge is -2.21. The van der Waals surface area contributed by atoms with Crippen LogP contribution in [0.15, 0.2) is 18.2 Å². The van der Waals surface area contributed by atoms with Gasteiger partial charge in [0.2, 0.25) is 11.8 Å². The molecule has 3 N–H and O–H groups in total. The van der Waals surface area contributed by atoms with Crippen molar-refractivity contribution in [2.45, 2.75) is 44.9 Å². The number of hydrazine groups is 1. The highest BCUT2D eigenvalue weighted by Gasteiger charge is 2.21. The third-order valence-electron chi connectivity index (χ3n) is 4.23. The maximum Gasteiger partial charge on any atom is 0.238 e. The first kappa shape index (κ1) is 21.7. The summed E-state index contributed by atoms with van der Waals surface area (Å²) in [6.45, 7) is 0.331. The molecule has 27 heavy (non-hydrogen) atoms. The second kappa shape index (κ2) is 11.3. The van der Waals surface area contributed by atoms with Gasteiger partial charge in [0.15, 0.2) is 5.11 Å². The fourth-order valence-corrected chi connectivity index (χ4v) is 3.42. The van der Waals surface area contributed by atoms with Gasteiger partial charge < -0.3 is 10.1 Å². The van der Waals surface area contributed by atoms with Gasteiger partial charge in [-0.05, 0) is 49.7 Å². The summed E-state index contributed by atoms with van der Waals surface area (Å²) in [6.07, 6.45) is 5.81. The predicted octanol–water partition coefficient (Wildman–Crippen LogP) is 3.75. The van der Waals surface area contributed by atoms with Gasteiger partial charge in [0, 0.05) is 17.4 Å². The van der Waals surface area contributed by atoms with Crippen LogP contribution in [-0.4, -0.2) is 23.5 Å². The van der Waals surface area contributed by atoms with Gasteiger partial charge in [0.1, 0.15) is 5.75 Å². The lowest BCUT2D eigenvalue weighted by molar-refractivity contribution is -0.125. The van der Waals surface area contributed by atoms with Crippen LogP contribution < -0.4 is 20.9 Å². The van der Waals surface area contributed by atoms with Crippen LogP contribution in [0, 0.1) is 5.92 Å².